The third kappa shape index (κ3) is 5.88. The van der Waals surface area contributed by atoms with Gasteiger partial charge in [-0.15, -0.1) is 0 Å². The third-order valence-electron chi connectivity index (χ3n) is 0.287. The minimum Gasteiger partial charge on any atom is -0.542 e. The van der Waals surface area contributed by atoms with Gasteiger partial charge >= 0.3 is 22.4 Å². The maximum absolute atomic E-state index is 9.48. The molecule has 0 aliphatic rings. The number of carboxylic acid groups (broad SMARTS) is 1. The molecule has 0 radical (unpaired) electrons. The fraction of sp³-hybridized carbons (Fsp3) is 0.333. The molecule has 0 unspecified atom stereocenters. The van der Waals surface area contributed by atoms with E-state index in [4.69, 9.17) is 0 Å². The Morgan fingerprint density at radius 1 is 1.43 bits per heavy atom. The van der Waals surface area contributed by atoms with Crippen molar-refractivity contribution >= 4 is 11.8 Å². The van der Waals surface area contributed by atoms with Crippen LogP contribution in [0, 0.1) is 0 Å². The van der Waals surface area contributed by atoms with Gasteiger partial charge in [-0.1, -0.05) is 0 Å². The Morgan fingerprint density at radius 2 is 1.57 bits per heavy atom. The normalized spacial score (nSPS) is 6.43. The van der Waals surface area contributed by atoms with Crippen molar-refractivity contribution in [2.45, 2.75) is 6.92 Å². The van der Waals surface area contributed by atoms with Crippen molar-refractivity contribution in [2.75, 3.05) is 0 Å². The van der Waals surface area contributed by atoms with Gasteiger partial charge in [-0.25, -0.2) is 0 Å². The van der Waals surface area contributed by atoms with Gasteiger partial charge < -0.3 is 9.90 Å². The first-order valence-corrected chi connectivity index (χ1v) is 1.36. The molecule has 44 valence electrons. The van der Waals surface area contributed by atoms with E-state index in [1.54, 1.807) is 0 Å². The monoisotopic (exact) mass is 194 g/mol. The molecule has 0 aromatic carbocycles. The van der Waals surface area contributed by atoms with Crippen molar-refractivity contribution in [3.05, 3.63) is 0 Å². The number of aliphatic carboxylic acids is 1. The average molecular weight is 195 g/mol. The van der Waals surface area contributed by atoms with E-state index >= 15 is 0 Å². The summed E-state index contributed by atoms with van der Waals surface area (Å²) in [5.41, 5.74) is 0. The summed E-state index contributed by atoms with van der Waals surface area (Å²) in [4.78, 5) is 18.7. The predicted octanol–water partition coefficient (Wildman–Crippen LogP) is -1.68. The number of hydrogen-bond donors (Lipinski definition) is 0. The topological polar surface area (TPSA) is 57.2 Å². The Kier molecular flexibility index (Phi) is 5.78. The molecular formula is C3H3AgO3. The van der Waals surface area contributed by atoms with Crippen LogP contribution in [-0.2, 0) is 32.0 Å². The van der Waals surface area contributed by atoms with Crippen LogP contribution in [0.15, 0.2) is 0 Å². The Morgan fingerprint density at radius 3 is 1.57 bits per heavy atom. The third-order valence-corrected chi connectivity index (χ3v) is 0.287. The second-order valence-corrected chi connectivity index (χ2v) is 0.844. The maximum atomic E-state index is 9.48. The molecule has 0 heterocycles. The van der Waals surface area contributed by atoms with E-state index in [0.29, 0.717) is 0 Å². The Hall–Kier alpha value is -0.120. The molecule has 0 N–H and O–H groups in total. The van der Waals surface area contributed by atoms with Crippen LogP contribution in [0.4, 0.5) is 0 Å². The average Bonchev–Trinajstić information content (AvgIpc) is 1.36. The first-order chi connectivity index (χ1) is 2.64. The zero-order valence-electron chi connectivity index (χ0n) is 3.53. The van der Waals surface area contributed by atoms with Gasteiger partial charge in [0.1, 0.15) is 5.97 Å². The quantitative estimate of drug-likeness (QED) is 0.371. The van der Waals surface area contributed by atoms with Gasteiger partial charge in [-0.3, -0.25) is 4.79 Å². The van der Waals surface area contributed by atoms with E-state index in [1.165, 1.54) is 0 Å². The van der Waals surface area contributed by atoms with E-state index in [2.05, 4.69) is 0 Å². The fourth-order valence-electron chi connectivity index (χ4n) is 0. The van der Waals surface area contributed by atoms with Crippen LogP contribution in [-0.4, -0.2) is 11.8 Å². The van der Waals surface area contributed by atoms with Crippen LogP contribution < -0.4 is 5.11 Å². The van der Waals surface area contributed by atoms with Crippen molar-refractivity contribution in [1.29, 1.82) is 0 Å². The van der Waals surface area contributed by atoms with E-state index in [1.807, 2.05) is 0 Å². The minimum absolute atomic E-state index is 0. The molecule has 0 aliphatic carbocycles. The number of Topliss-reactive ketones (excluding diaryl/α,β-unsaturated/α-hetero) is 1. The summed E-state index contributed by atoms with van der Waals surface area (Å²) in [6.07, 6.45) is 0. The van der Waals surface area contributed by atoms with Crippen LogP contribution in [0.5, 0.6) is 0 Å². The van der Waals surface area contributed by atoms with Crippen molar-refractivity contribution in [3.63, 3.8) is 0 Å². The summed E-state index contributed by atoms with van der Waals surface area (Å²) in [5.74, 6) is -2.56. The van der Waals surface area contributed by atoms with Crippen LogP contribution in [0.25, 0.3) is 0 Å². The van der Waals surface area contributed by atoms with E-state index < -0.39 is 11.8 Å². The van der Waals surface area contributed by atoms with Gasteiger partial charge in [0.05, 0.1) is 0 Å². The van der Waals surface area contributed by atoms with Gasteiger partial charge in [-0.2, -0.15) is 0 Å². The Balaban J connectivity index is 0. The van der Waals surface area contributed by atoms with Crippen molar-refractivity contribution in [1.82, 2.24) is 0 Å². The van der Waals surface area contributed by atoms with Crippen molar-refractivity contribution in [3.8, 4) is 0 Å². The SMILES string of the molecule is CC(=O)C(=O)[O-].[Ag+]. The second kappa shape index (κ2) is 4.05. The van der Waals surface area contributed by atoms with Crippen LogP contribution in [0.3, 0.4) is 0 Å². The van der Waals surface area contributed by atoms with E-state index in [-0.39, 0.29) is 22.4 Å². The molecule has 0 rings (SSSR count). The summed E-state index contributed by atoms with van der Waals surface area (Å²) in [5, 5.41) is 9.24. The van der Waals surface area contributed by atoms with Gasteiger partial charge in [0.2, 0.25) is 0 Å². The van der Waals surface area contributed by atoms with E-state index in [0.717, 1.165) is 6.92 Å². The summed E-state index contributed by atoms with van der Waals surface area (Å²) in [7, 11) is 0. The molecule has 0 aromatic heterocycles. The fourth-order valence-corrected chi connectivity index (χ4v) is 0. The molecular weight excluding hydrogens is 192 g/mol. The smallest absolute Gasteiger partial charge is 0.542 e. The summed E-state index contributed by atoms with van der Waals surface area (Å²) >= 11 is 0. The molecule has 0 atom stereocenters. The molecule has 0 amide bonds. The van der Waals surface area contributed by atoms with Crippen molar-refractivity contribution < 1.29 is 37.1 Å². The molecule has 0 bridgehead atoms. The number of carbonyl (C=O) groups is 2. The predicted molar refractivity (Wildman–Crippen MR) is 15.7 cm³/mol. The molecule has 7 heavy (non-hydrogen) atoms. The number of carboxylic acids is 1. The zero-order valence-corrected chi connectivity index (χ0v) is 5.01. The van der Waals surface area contributed by atoms with Crippen LogP contribution in [0.2, 0.25) is 0 Å². The largest absolute Gasteiger partial charge is 1.00 e. The van der Waals surface area contributed by atoms with Crippen LogP contribution in [0.1, 0.15) is 6.92 Å². The number of carbonyl (C=O) groups excluding carboxylic acids is 2. The molecule has 0 fully saturated rings. The van der Waals surface area contributed by atoms with Gasteiger partial charge in [0.25, 0.3) is 0 Å². The molecule has 0 spiro atoms. The summed E-state index contributed by atoms with van der Waals surface area (Å²) in [6.45, 7) is 0.940. The molecule has 0 aliphatic heterocycles. The standard InChI is InChI=1S/C3H4O3.Ag/c1-2(4)3(5)6;/h1H3,(H,5,6);/q;+1/p-1. The molecule has 0 saturated carbocycles. The maximum Gasteiger partial charge on any atom is 1.00 e. The van der Waals surface area contributed by atoms with E-state index in [9.17, 15) is 14.7 Å². The Bertz CT molecular complexity index is 76.2. The summed E-state index contributed by atoms with van der Waals surface area (Å²) in [6, 6.07) is 0. The second-order valence-electron chi connectivity index (χ2n) is 0.844. The molecule has 0 saturated heterocycles. The van der Waals surface area contributed by atoms with Gasteiger partial charge in [-0.05, 0) is 0 Å². The van der Waals surface area contributed by atoms with Crippen molar-refractivity contribution in [2.24, 2.45) is 0 Å². The summed E-state index contributed by atoms with van der Waals surface area (Å²) < 4.78 is 0. The molecule has 4 heteroatoms. The first-order valence-electron chi connectivity index (χ1n) is 1.36. The van der Waals surface area contributed by atoms with Gasteiger partial charge in [0.15, 0.2) is 5.78 Å². The minimum atomic E-state index is -1.63. The van der Waals surface area contributed by atoms with Crippen LogP contribution >= 0.6 is 0 Å². The molecule has 0 aromatic rings. The molecule has 3 nitrogen and oxygen atoms in total. The van der Waals surface area contributed by atoms with Gasteiger partial charge in [0, 0.05) is 6.92 Å². The zero-order chi connectivity index (χ0) is 5.15. The Labute approximate surface area is 56.2 Å². The number of rotatable bonds is 1. The number of ketones is 1. The first kappa shape index (κ1) is 9.99. The number of hydrogen-bond acceptors (Lipinski definition) is 3.